The number of hydrogen-bond donors (Lipinski definition) is 0. The lowest BCUT2D eigenvalue weighted by molar-refractivity contribution is 1.72. The summed E-state index contributed by atoms with van der Waals surface area (Å²) in [6.45, 7) is 29.5. The highest BCUT2D eigenvalue weighted by molar-refractivity contribution is 8.16. The zero-order valence-electron chi connectivity index (χ0n) is 33.9. The molecule has 54 heavy (non-hydrogen) atoms. The third-order valence-electron chi connectivity index (χ3n) is 16.9. The van der Waals surface area contributed by atoms with Gasteiger partial charge in [0, 0.05) is 28.4 Å². The van der Waals surface area contributed by atoms with Crippen LogP contribution in [0.3, 0.4) is 0 Å². The molecule has 0 aromatic heterocycles. The summed E-state index contributed by atoms with van der Waals surface area (Å²) in [5.41, 5.74) is 0. The monoisotopic (exact) mass is 798 g/mol. The van der Waals surface area contributed by atoms with E-state index in [1.165, 1.54) is 43.1 Å². The Balaban J connectivity index is 0.000000586. The van der Waals surface area contributed by atoms with E-state index < -0.39 is 42.7 Å². The maximum absolute atomic E-state index is 2.97. The molecule has 0 amide bonds. The Labute approximate surface area is 326 Å². The molecule has 0 radical (unpaired) electrons. The number of benzene rings is 9. The smallest absolute Gasteiger partial charge is 0.0665 e. The highest BCUT2D eigenvalue weighted by Crippen LogP contribution is 2.53. The second-order valence-electron chi connectivity index (χ2n) is 18.8. The molecular formula is C48H54Si6. The van der Waals surface area contributed by atoms with E-state index in [-0.39, 0.29) is 0 Å². The van der Waals surface area contributed by atoms with Crippen molar-refractivity contribution in [1.29, 1.82) is 0 Å². The molecule has 9 aromatic rings. The third kappa shape index (κ3) is 4.33. The van der Waals surface area contributed by atoms with Gasteiger partial charge in [-0.25, -0.2) is 0 Å². The minimum atomic E-state index is -1.95. The lowest BCUT2D eigenvalue weighted by Gasteiger charge is -2.74. The zero-order chi connectivity index (χ0) is 38.1. The van der Waals surface area contributed by atoms with Gasteiger partial charge in [0.05, 0.1) is 14.2 Å². The molecular weight excluding hydrogens is 745 g/mol. The van der Waals surface area contributed by atoms with Crippen molar-refractivity contribution < 1.29 is 0 Å². The van der Waals surface area contributed by atoms with Crippen molar-refractivity contribution in [3.05, 3.63) is 146 Å². The molecule has 0 aliphatic carbocycles. The molecule has 1 aliphatic heterocycles. The first-order chi connectivity index (χ1) is 25.6. The minimum absolute atomic E-state index is 1.39. The molecule has 6 heteroatoms. The Bertz CT molecular complexity index is 2600. The average Bonchev–Trinajstić information content (AvgIpc) is 3.18. The van der Waals surface area contributed by atoms with E-state index in [4.69, 9.17) is 0 Å². The summed E-state index contributed by atoms with van der Waals surface area (Å²) in [5.74, 6) is 0. The molecule has 10 rings (SSSR count). The maximum Gasteiger partial charge on any atom is 0.0665 e. The molecule has 0 bridgehead atoms. The Morgan fingerprint density at radius 2 is 0.481 bits per heavy atom. The average molecular weight is 799 g/mol. The van der Waals surface area contributed by atoms with Crippen molar-refractivity contribution in [3.8, 4) is 0 Å². The summed E-state index contributed by atoms with van der Waals surface area (Å²) in [4.78, 5) is 0. The van der Waals surface area contributed by atoms with Crippen LogP contribution in [0.5, 0.6) is 0 Å². The fourth-order valence-corrected chi connectivity index (χ4v) is 253. The van der Waals surface area contributed by atoms with Gasteiger partial charge in [0.25, 0.3) is 0 Å². The molecule has 0 unspecified atom stereocenters. The van der Waals surface area contributed by atoms with Gasteiger partial charge < -0.3 is 0 Å². The molecule has 1 aliphatic rings. The van der Waals surface area contributed by atoms with Crippen molar-refractivity contribution in [2.45, 2.75) is 65.5 Å². The van der Waals surface area contributed by atoms with Crippen LogP contribution in [0, 0.1) is 0 Å². The van der Waals surface area contributed by atoms with Crippen LogP contribution < -0.4 is 10.4 Å². The Kier molecular flexibility index (Phi) is 7.96. The summed E-state index contributed by atoms with van der Waals surface area (Å²) < 4.78 is 0. The highest BCUT2D eigenvalue weighted by atomic mass is 30.2. The van der Waals surface area contributed by atoms with Gasteiger partial charge >= 0.3 is 0 Å². The Morgan fingerprint density at radius 3 is 0.778 bits per heavy atom. The topological polar surface area (TPSA) is 0 Å². The van der Waals surface area contributed by atoms with Crippen molar-refractivity contribution in [1.82, 2.24) is 0 Å². The van der Waals surface area contributed by atoms with Gasteiger partial charge in [0.2, 0.25) is 0 Å². The zero-order valence-corrected chi connectivity index (χ0v) is 39.9. The first-order valence-electron chi connectivity index (χ1n) is 20.0. The molecule has 1 fully saturated rings. The summed E-state index contributed by atoms with van der Waals surface area (Å²) >= 11 is 0. The van der Waals surface area contributed by atoms with Crippen molar-refractivity contribution >= 4 is 118 Å². The fraction of sp³-hybridized carbons (Fsp3) is 0.208. The lowest BCUT2D eigenvalue weighted by Crippen LogP contribution is -3.05. The molecule has 1 saturated heterocycles. The first-order valence-corrected chi connectivity index (χ1v) is 43.0. The summed E-state index contributed by atoms with van der Waals surface area (Å²) in [5, 5.41) is 21.4. The van der Waals surface area contributed by atoms with E-state index in [0.29, 0.717) is 0 Å². The predicted molar refractivity (Wildman–Crippen MR) is 259 cm³/mol. The van der Waals surface area contributed by atoms with Crippen molar-refractivity contribution in [3.63, 3.8) is 0 Å². The van der Waals surface area contributed by atoms with Gasteiger partial charge in [0.1, 0.15) is 0 Å². The van der Waals surface area contributed by atoms with E-state index in [9.17, 15) is 0 Å². The molecule has 1 heterocycles. The maximum atomic E-state index is 2.97. The lowest BCUT2D eigenvalue weighted by atomic mass is 9.94. The van der Waals surface area contributed by atoms with Crippen LogP contribution in [0.4, 0.5) is 0 Å². The largest absolute Gasteiger partial charge is 0.0732 e. The van der Waals surface area contributed by atoms with Gasteiger partial charge in [0.15, 0.2) is 0 Å². The van der Waals surface area contributed by atoms with Gasteiger partial charge in [-0.2, -0.15) is 0 Å². The van der Waals surface area contributed by atoms with Gasteiger partial charge in [-0.05, 0) is 64.6 Å². The number of hydrogen-bond acceptors (Lipinski definition) is 0. The van der Waals surface area contributed by atoms with Crippen LogP contribution in [-0.4, -0.2) is 42.7 Å². The summed E-state index contributed by atoms with van der Waals surface area (Å²) in [7, 11) is -11.1. The standard InChI is InChI=1S/C42H48Si6.C6H6/c1-43(2)44(3,4)48(10,38-28-24-34-20-18-30-14-12-16-32-22-26-36(38)42(34)40(30)32)46(7,8)45(5,6)47(43,9)37-27-23-33-19-17-29-13-11-15-31-21-25-35(37)41(33)39(29)31;1-2-4-6-5-3-1/h11-28H,1-10H3;1-6H. The van der Waals surface area contributed by atoms with Crippen LogP contribution in [0.15, 0.2) is 146 Å². The van der Waals surface area contributed by atoms with Crippen molar-refractivity contribution in [2.75, 3.05) is 0 Å². The quantitative estimate of drug-likeness (QED) is 0.121. The molecule has 0 atom stereocenters. The van der Waals surface area contributed by atoms with Crippen LogP contribution in [0.25, 0.3) is 64.6 Å². The molecule has 0 spiro atoms. The third-order valence-corrected chi connectivity index (χ3v) is 165. The first kappa shape index (κ1) is 36.0. The predicted octanol–water partition coefficient (Wildman–Crippen LogP) is 12.8. The van der Waals surface area contributed by atoms with Crippen LogP contribution in [-0.2, 0) is 0 Å². The Hall–Kier alpha value is -3.64. The van der Waals surface area contributed by atoms with Crippen LogP contribution in [0.1, 0.15) is 0 Å². The van der Waals surface area contributed by atoms with E-state index in [1.54, 1.807) is 21.5 Å². The molecule has 9 aromatic carbocycles. The molecule has 0 nitrogen and oxygen atoms in total. The van der Waals surface area contributed by atoms with Crippen LogP contribution >= 0.6 is 0 Å². The van der Waals surface area contributed by atoms with E-state index >= 15 is 0 Å². The second kappa shape index (κ2) is 11.9. The van der Waals surface area contributed by atoms with Gasteiger partial charge in [-0.15, -0.1) is 0 Å². The molecule has 0 saturated carbocycles. The highest BCUT2D eigenvalue weighted by Gasteiger charge is 2.79. The fourth-order valence-electron chi connectivity index (χ4n) is 12.1. The van der Waals surface area contributed by atoms with E-state index in [0.717, 1.165) is 0 Å². The molecule has 0 N–H and O–H groups in total. The van der Waals surface area contributed by atoms with Gasteiger partial charge in [-0.1, -0.05) is 221 Å². The summed E-state index contributed by atoms with van der Waals surface area (Å²) in [6.07, 6.45) is 0. The van der Waals surface area contributed by atoms with E-state index in [2.05, 4.69) is 175 Å². The second-order valence-corrected chi connectivity index (χ2v) is 88.4. The van der Waals surface area contributed by atoms with Crippen LogP contribution in [0.2, 0.25) is 65.5 Å². The normalized spacial score (nSPS) is 23.0. The Morgan fingerprint density at radius 1 is 0.241 bits per heavy atom. The number of rotatable bonds is 2. The SMILES string of the molecule is C[Si]1(C)[Si](C)(C)[Si](C)(c2ccc3ccc4cccc5ccc2c3c45)[Si](C)(C)[Si](C)(C)[Si]1(C)c1ccc2ccc3cccc4ccc1c2c34.c1ccccc1. The van der Waals surface area contributed by atoms with Crippen molar-refractivity contribution in [2.24, 2.45) is 0 Å². The van der Waals surface area contributed by atoms with Gasteiger partial charge in [-0.3, -0.25) is 0 Å². The molecule has 270 valence electrons. The van der Waals surface area contributed by atoms with E-state index in [1.807, 2.05) is 46.8 Å². The summed E-state index contributed by atoms with van der Waals surface area (Å²) in [6, 6.07) is 55.7. The minimum Gasteiger partial charge on any atom is -0.0732 e.